The van der Waals surface area contributed by atoms with Gasteiger partial charge in [-0.1, -0.05) is 23.8 Å². The molecule has 0 atom stereocenters. The highest BCUT2D eigenvalue weighted by Crippen LogP contribution is 2.26. The van der Waals surface area contributed by atoms with Crippen LogP contribution in [0.1, 0.15) is 5.56 Å². The van der Waals surface area contributed by atoms with Crippen LogP contribution < -0.4 is 4.90 Å². The molecule has 0 aromatic heterocycles. The first kappa shape index (κ1) is 16.9. The molecule has 0 bridgehead atoms. The standard InChI is InChI=1S/C17H18F2N2O2S/c1-13-5-7-14(8-6-13)24(22,23)21-11-9-20(10-12-21)17-15(18)3-2-4-16(17)19/h2-8H,9-12H2,1H3. The van der Waals surface area contributed by atoms with Gasteiger partial charge in [-0.3, -0.25) is 0 Å². The van der Waals surface area contributed by atoms with Gasteiger partial charge in [0.25, 0.3) is 0 Å². The maximum absolute atomic E-state index is 13.9. The van der Waals surface area contributed by atoms with Crippen molar-refractivity contribution in [2.24, 2.45) is 0 Å². The number of benzene rings is 2. The summed E-state index contributed by atoms with van der Waals surface area (Å²) in [6.45, 7) is 2.73. The Kier molecular flexibility index (Phi) is 4.56. The van der Waals surface area contributed by atoms with Gasteiger partial charge in [0.2, 0.25) is 10.0 Å². The number of hydrogen-bond acceptors (Lipinski definition) is 3. The molecule has 24 heavy (non-hydrogen) atoms. The van der Waals surface area contributed by atoms with E-state index in [1.807, 2.05) is 6.92 Å². The molecule has 2 aromatic rings. The fourth-order valence-corrected chi connectivity index (χ4v) is 4.22. The van der Waals surface area contributed by atoms with Crippen molar-refractivity contribution in [1.29, 1.82) is 0 Å². The second kappa shape index (κ2) is 6.49. The van der Waals surface area contributed by atoms with Crippen LogP contribution in [0, 0.1) is 18.6 Å². The molecule has 1 aliphatic rings. The molecule has 0 spiro atoms. The summed E-state index contributed by atoms with van der Waals surface area (Å²) in [6, 6.07) is 10.4. The van der Waals surface area contributed by atoms with E-state index >= 15 is 0 Å². The zero-order valence-electron chi connectivity index (χ0n) is 13.2. The average molecular weight is 352 g/mol. The van der Waals surface area contributed by atoms with Crippen molar-refractivity contribution in [3.8, 4) is 0 Å². The van der Waals surface area contributed by atoms with Crippen LogP contribution >= 0.6 is 0 Å². The Bertz CT molecular complexity index is 810. The Labute approximate surface area is 140 Å². The van der Waals surface area contributed by atoms with Crippen LogP contribution in [-0.2, 0) is 10.0 Å². The molecule has 0 aliphatic carbocycles. The van der Waals surface area contributed by atoms with Crippen molar-refractivity contribution in [3.05, 3.63) is 59.7 Å². The largest absolute Gasteiger partial charge is 0.364 e. The summed E-state index contributed by atoms with van der Waals surface area (Å²) >= 11 is 0. The van der Waals surface area contributed by atoms with Crippen molar-refractivity contribution in [2.75, 3.05) is 31.1 Å². The topological polar surface area (TPSA) is 40.6 Å². The Morgan fingerprint density at radius 2 is 1.42 bits per heavy atom. The fraction of sp³-hybridized carbons (Fsp3) is 0.294. The summed E-state index contributed by atoms with van der Waals surface area (Å²) in [4.78, 5) is 1.78. The van der Waals surface area contributed by atoms with Crippen molar-refractivity contribution in [2.45, 2.75) is 11.8 Å². The van der Waals surface area contributed by atoms with Gasteiger partial charge >= 0.3 is 0 Å². The Morgan fingerprint density at radius 1 is 0.875 bits per heavy atom. The highest BCUT2D eigenvalue weighted by atomic mass is 32.2. The Morgan fingerprint density at radius 3 is 1.96 bits per heavy atom. The molecule has 0 radical (unpaired) electrons. The third-order valence-electron chi connectivity index (χ3n) is 4.15. The second-order valence-electron chi connectivity index (χ2n) is 5.77. The first-order valence-corrected chi connectivity index (χ1v) is 9.09. The fourth-order valence-electron chi connectivity index (χ4n) is 2.80. The maximum Gasteiger partial charge on any atom is 0.243 e. The van der Waals surface area contributed by atoms with Gasteiger partial charge in [0.1, 0.15) is 17.3 Å². The van der Waals surface area contributed by atoms with Crippen LogP contribution in [0.15, 0.2) is 47.4 Å². The molecule has 3 rings (SSSR count). The molecule has 4 nitrogen and oxygen atoms in total. The summed E-state index contributed by atoms with van der Waals surface area (Å²) < 4.78 is 54.3. The predicted molar refractivity (Wildman–Crippen MR) is 88.5 cm³/mol. The van der Waals surface area contributed by atoms with Gasteiger partial charge in [-0.2, -0.15) is 4.31 Å². The van der Waals surface area contributed by atoms with Crippen LogP contribution in [0.5, 0.6) is 0 Å². The number of anilines is 1. The lowest BCUT2D eigenvalue weighted by Gasteiger charge is -2.35. The molecule has 0 saturated carbocycles. The van der Waals surface area contributed by atoms with Gasteiger partial charge in [-0.15, -0.1) is 0 Å². The van der Waals surface area contributed by atoms with E-state index in [1.54, 1.807) is 29.2 Å². The van der Waals surface area contributed by atoms with Crippen molar-refractivity contribution >= 4 is 15.7 Å². The molecular formula is C17H18F2N2O2S. The highest BCUT2D eigenvalue weighted by Gasteiger charge is 2.30. The summed E-state index contributed by atoms with van der Waals surface area (Å²) in [5, 5.41) is 0. The van der Waals surface area contributed by atoms with Gasteiger partial charge in [0.05, 0.1) is 4.90 Å². The SMILES string of the molecule is Cc1ccc(S(=O)(=O)N2CCN(c3c(F)cccc3F)CC2)cc1. The quantitative estimate of drug-likeness (QED) is 0.853. The van der Waals surface area contributed by atoms with Crippen LogP contribution in [-0.4, -0.2) is 38.9 Å². The molecule has 2 aromatic carbocycles. The number of sulfonamides is 1. The van der Waals surface area contributed by atoms with E-state index in [-0.39, 0.29) is 36.8 Å². The monoisotopic (exact) mass is 352 g/mol. The van der Waals surface area contributed by atoms with E-state index in [0.717, 1.165) is 5.56 Å². The molecule has 1 aliphatic heterocycles. The van der Waals surface area contributed by atoms with Crippen molar-refractivity contribution in [3.63, 3.8) is 0 Å². The molecule has 128 valence electrons. The van der Waals surface area contributed by atoms with Crippen LogP contribution in [0.3, 0.4) is 0 Å². The molecule has 0 amide bonds. The second-order valence-corrected chi connectivity index (χ2v) is 7.71. The highest BCUT2D eigenvalue weighted by molar-refractivity contribution is 7.89. The zero-order chi connectivity index (χ0) is 17.3. The third kappa shape index (κ3) is 3.14. The van der Waals surface area contributed by atoms with Gasteiger partial charge < -0.3 is 4.90 Å². The normalized spacial score (nSPS) is 16.4. The molecule has 0 N–H and O–H groups in total. The van der Waals surface area contributed by atoms with Crippen LogP contribution in [0.4, 0.5) is 14.5 Å². The smallest absolute Gasteiger partial charge is 0.243 e. The predicted octanol–water partition coefficient (Wildman–Crippen LogP) is 2.78. The Hall–Kier alpha value is -1.99. The lowest BCUT2D eigenvalue weighted by Crippen LogP contribution is -2.49. The zero-order valence-corrected chi connectivity index (χ0v) is 14.1. The van der Waals surface area contributed by atoms with Gasteiger partial charge in [0.15, 0.2) is 0 Å². The summed E-state index contributed by atoms with van der Waals surface area (Å²) in [7, 11) is -3.59. The van der Waals surface area contributed by atoms with Gasteiger partial charge in [-0.25, -0.2) is 17.2 Å². The van der Waals surface area contributed by atoms with Crippen molar-refractivity contribution in [1.82, 2.24) is 4.31 Å². The molecule has 1 heterocycles. The van der Waals surface area contributed by atoms with E-state index in [2.05, 4.69) is 0 Å². The first-order valence-electron chi connectivity index (χ1n) is 7.65. The van der Waals surface area contributed by atoms with Gasteiger partial charge in [-0.05, 0) is 31.2 Å². The maximum atomic E-state index is 13.9. The third-order valence-corrected chi connectivity index (χ3v) is 6.06. The lowest BCUT2D eigenvalue weighted by atomic mass is 10.2. The number of para-hydroxylation sites is 1. The number of halogens is 2. The minimum Gasteiger partial charge on any atom is -0.364 e. The van der Waals surface area contributed by atoms with Crippen LogP contribution in [0.2, 0.25) is 0 Å². The minimum atomic E-state index is -3.59. The number of rotatable bonds is 3. The lowest BCUT2D eigenvalue weighted by molar-refractivity contribution is 0.381. The number of piperazine rings is 1. The van der Waals surface area contributed by atoms with Crippen LogP contribution in [0.25, 0.3) is 0 Å². The number of nitrogens with zero attached hydrogens (tertiary/aromatic N) is 2. The average Bonchev–Trinajstić information content (AvgIpc) is 2.55. The summed E-state index contributed by atoms with van der Waals surface area (Å²) in [5.74, 6) is -1.27. The van der Waals surface area contributed by atoms with E-state index < -0.39 is 21.7 Å². The summed E-state index contributed by atoms with van der Waals surface area (Å²) in [6.07, 6.45) is 0. The minimum absolute atomic E-state index is 0.0927. The van der Waals surface area contributed by atoms with Gasteiger partial charge in [0, 0.05) is 26.2 Å². The molecule has 1 fully saturated rings. The van der Waals surface area contributed by atoms with Crippen molar-refractivity contribution < 1.29 is 17.2 Å². The first-order chi connectivity index (χ1) is 11.4. The molecular weight excluding hydrogens is 334 g/mol. The Balaban J connectivity index is 1.76. The van der Waals surface area contributed by atoms with E-state index in [0.29, 0.717) is 0 Å². The molecule has 0 unspecified atom stereocenters. The molecule has 7 heteroatoms. The van der Waals surface area contributed by atoms with E-state index in [4.69, 9.17) is 0 Å². The number of hydrogen-bond donors (Lipinski definition) is 0. The number of aryl methyl sites for hydroxylation is 1. The van der Waals surface area contributed by atoms with E-state index in [9.17, 15) is 17.2 Å². The van der Waals surface area contributed by atoms with E-state index in [1.165, 1.54) is 22.5 Å². The molecule has 1 saturated heterocycles. The summed E-state index contributed by atoms with van der Waals surface area (Å²) in [5.41, 5.74) is 0.888.